The SMILES string of the molecule is CCCCC(C)Nc1cc2c(cc1N)OCC(=O)N2. The number of nitrogens with two attached hydrogens (primary N) is 1. The Morgan fingerprint density at radius 1 is 1.53 bits per heavy atom. The second kappa shape index (κ2) is 5.82. The smallest absolute Gasteiger partial charge is 0.262 e. The van der Waals surface area contributed by atoms with Gasteiger partial charge in [-0.25, -0.2) is 0 Å². The van der Waals surface area contributed by atoms with E-state index in [0.29, 0.717) is 23.2 Å². The van der Waals surface area contributed by atoms with Crippen LogP contribution >= 0.6 is 0 Å². The summed E-state index contributed by atoms with van der Waals surface area (Å²) in [5.41, 5.74) is 8.16. The molecule has 1 aromatic rings. The fourth-order valence-electron chi connectivity index (χ4n) is 2.12. The maximum atomic E-state index is 11.3. The van der Waals surface area contributed by atoms with Crippen LogP contribution < -0.4 is 21.1 Å². The normalized spacial score (nSPS) is 15.2. The van der Waals surface area contributed by atoms with Crippen LogP contribution in [0.15, 0.2) is 12.1 Å². The molecule has 2 rings (SSSR count). The number of carbonyl (C=O) groups excluding carboxylic acids is 1. The van der Waals surface area contributed by atoms with Crippen molar-refractivity contribution in [1.29, 1.82) is 0 Å². The van der Waals surface area contributed by atoms with Crippen molar-refractivity contribution >= 4 is 23.0 Å². The molecule has 0 fully saturated rings. The molecule has 0 bridgehead atoms. The number of ether oxygens (including phenoxy) is 1. The Morgan fingerprint density at radius 2 is 2.32 bits per heavy atom. The number of benzene rings is 1. The molecule has 0 aliphatic carbocycles. The van der Waals surface area contributed by atoms with Crippen molar-refractivity contribution in [2.45, 2.75) is 39.2 Å². The fraction of sp³-hybridized carbons (Fsp3) is 0.500. The van der Waals surface area contributed by atoms with E-state index in [9.17, 15) is 4.79 Å². The predicted octanol–water partition coefficient (Wildman–Crippen LogP) is 2.59. The van der Waals surface area contributed by atoms with Crippen LogP contribution in [0.2, 0.25) is 0 Å². The van der Waals surface area contributed by atoms with E-state index in [1.165, 1.54) is 12.8 Å². The molecule has 19 heavy (non-hydrogen) atoms. The van der Waals surface area contributed by atoms with E-state index in [0.717, 1.165) is 12.1 Å². The minimum Gasteiger partial charge on any atom is -0.482 e. The quantitative estimate of drug-likeness (QED) is 0.714. The molecule has 0 radical (unpaired) electrons. The monoisotopic (exact) mass is 263 g/mol. The Hall–Kier alpha value is -1.91. The van der Waals surface area contributed by atoms with Crippen LogP contribution in [0.1, 0.15) is 33.1 Å². The first-order valence-electron chi connectivity index (χ1n) is 6.73. The largest absolute Gasteiger partial charge is 0.482 e. The number of unbranched alkanes of at least 4 members (excludes halogenated alkanes) is 1. The summed E-state index contributed by atoms with van der Waals surface area (Å²) < 4.78 is 5.32. The molecule has 5 heteroatoms. The molecule has 1 aromatic carbocycles. The number of anilines is 3. The third-order valence-electron chi connectivity index (χ3n) is 3.18. The second-order valence-corrected chi connectivity index (χ2v) is 4.96. The number of rotatable bonds is 5. The van der Waals surface area contributed by atoms with Gasteiger partial charge in [0.15, 0.2) is 6.61 Å². The van der Waals surface area contributed by atoms with Crippen LogP contribution in [-0.4, -0.2) is 18.6 Å². The van der Waals surface area contributed by atoms with E-state index in [4.69, 9.17) is 10.5 Å². The lowest BCUT2D eigenvalue weighted by molar-refractivity contribution is -0.118. The maximum Gasteiger partial charge on any atom is 0.262 e. The van der Waals surface area contributed by atoms with Gasteiger partial charge in [-0.1, -0.05) is 19.8 Å². The Labute approximate surface area is 113 Å². The molecule has 0 saturated heterocycles. The number of carbonyl (C=O) groups is 1. The molecule has 0 aromatic heterocycles. The summed E-state index contributed by atoms with van der Waals surface area (Å²) in [5.74, 6) is 0.492. The van der Waals surface area contributed by atoms with Crippen molar-refractivity contribution in [3.05, 3.63) is 12.1 Å². The van der Waals surface area contributed by atoms with Crippen LogP contribution in [-0.2, 0) is 4.79 Å². The zero-order valence-corrected chi connectivity index (χ0v) is 11.5. The van der Waals surface area contributed by atoms with Crippen LogP contribution in [0.25, 0.3) is 0 Å². The fourth-order valence-corrected chi connectivity index (χ4v) is 2.12. The van der Waals surface area contributed by atoms with Crippen LogP contribution in [0.5, 0.6) is 5.75 Å². The van der Waals surface area contributed by atoms with Crippen molar-refractivity contribution in [1.82, 2.24) is 0 Å². The zero-order valence-electron chi connectivity index (χ0n) is 11.5. The van der Waals surface area contributed by atoms with E-state index in [2.05, 4.69) is 24.5 Å². The number of amides is 1. The molecule has 4 N–H and O–H groups in total. The van der Waals surface area contributed by atoms with Crippen molar-refractivity contribution < 1.29 is 9.53 Å². The van der Waals surface area contributed by atoms with Gasteiger partial charge in [-0.15, -0.1) is 0 Å². The first-order chi connectivity index (χ1) is 9.10. The van der Waals surface area contributed by atoms with Crippen LogP contribution in [0.3, 0.4) is 0 Å². The second-order valence-electron chi connectivity index (χ2n) is 4.96. The molecule has 0 spiro atoms. The van der Waals surface area contributed by atoms with E-state index in [1.807, 2.05) is 6.07 Å². The number of nitrogens with one attached hydrogen (secondary N) is 2. The lowest BCUT2D eigenvalue weighted by atomic mass is 10.1. The lowest BCUT2D eigenvalue weighted by Crippen LogP contribution is -2.26. The highest BCUT2D eigenvalue weighted by molar-refractivity contribution is 5.97. The van der Waals surface area contributed by atoms with Gasteiger partial charge in [-0.2, -0.15) is 0 Å². The minimum atomic E-state index is -0.137. The van der Waals surface area contributed by atoms with Crippen molar-refractivity contribution in [2.24, 2.45) is 0 Å². The number of fused-ring (bicyclic) bond motifs is 1. The molecule has 5 nitrogen and oxygen atoms in total. The molecule has 1 aliphatic rings. The summed E-state index contributed by atoms with van der Waals surface area (Å²) in [4.78, 5) is 11.3. The van der Waals surface area contributed by atoms with E-state index in [-0.39, 0.29) is 12.5 Å². The van der Waals surface area contributed by atoms with Gasteiger partial charge in [-0.3, -0.25) is 4.79 Å². The first kappa shape index (κ1) is 13.5. The van der Waals surface area contributed by atoms with Gasteiger partial charge >= 0.3 is 0 Å². The Balaban J connectivity index is 2.12. The van der Waals surface area contributed by atoms with Gasteiger partial charge in [0.05, 0.1) is 17.1 Å². The average molecular weight is 263 g/mol. The molecule has 0 saturated carbocycles. The molecule has 104 valence electrons. The van der Waals surface area contributed by atoms with Gasteiger partial charge in [0, 0.05) is 12.1 Å². The van der Waals surface area contributed by atoms with E-state index < -0.39 is 0 Å². The van der Waals surface area contributed by atoms with E-state index >= 15 is 0 Å². The number of hydrogen-bond donors (Lipinski definition) is 3. The summed E-state index contributed by atoms with van der Waals surface area (Å²) in [6.45, 7) is 4.35. The van der Waals surface area contributed by atoms with Crippen molar-refractivity contribution in [3.63, 3.8) is 0 Å². The van der Waals surface area contributed by atoms with Gasteiger partial charge < -0.3 is 21.1 Å². The zero-order chi connectivity index (χ0) is 13.8. The molecular weight excluding hydrogens is 242 g/mol. The van der Waals surface area contributed by atoms with Crippen LogP contribution in [0.4, 0.5) is 17.1 Å². The average Bonchev–Trinajstić information content (AvgIpc) is 2.38. The standard InChI is InChI=1S/C14H21N3O2/c1-3-4-5-9(2)16-11-7-12-13(6-10(11)15)19-8-14(18)17-12/h6-7,9,16H,3-5,8,15H2,1-2H3,(H,17,18). The Bertz CT molecular complexity index is 474. The topological polar surface area (TPSA) is 76.4 Å². The third kappa shape index (κ3) is 3.30. The van der Waals surface area contributed by atoms with Crippen molar-refractivity contribution in [2.75, 3.05) is 23.0 Å². The predicted molar refractivity (Wildman–Crippen MR) is 77.6 cm³/mol. The van der Waals surface area contributed by atoms with Gasteiger partial charge in [-0.05, 0) is 19.4 Å². The molecule has 1 amide bonds. The highest BCUT2D eigenvalue weighted by Gasteiger charge is 2.18. The Morgan fingerprint density at radius 3 is 3.05 bits per heavy atom. The maximum absolute atomic E-state index is 11.3. The third-order valence-corrected chi connectivity index (χ3v) is 3.18. The summed E-state index contributed by atoms with van der Waals surface area (Å²) in [6, 6.07) is 3.94. The number of nitrogen functional groups attached to an aromatic ring is 1. The summed E-state index contributed by atoms with van der Waals surface area (Å²) >= 11 is 0. The summed E-state index contributed by atoms with van der Waals surface area (Å²) in [5, 5.41) is 6.16. The molecule has 1 unspecified atom stereocenters. The minimum absolute atomic E-state index is 0.0477. The summed E-state index contributed by atoms with van der Waals surface area (Å²) in [7, 11) is 0. The molecule has 1 atom stereocenters. The highest BCUT2D eigenvalue weighted by Crippen LogP contribution is 2.35. The highest BCUT2D eigenvalue weighted by atomic mass is 16.5. The van der Waals surface area contributed by atoms with Gasteiger partial charge in [0.25, 0.3) is 5.91 Å². The lowest BCUT2D eigenvalue weighted by Gasteiger charge is -2.22. The van der Waals surface area contributed by atoms with Gasteiger partial charge in [0.1, 0.15) is 5.75 Å². The first-order valence-corrected chi connectivity index (χ1v) is 6.73. The molecule has 1 aliphatic heterocycles. The van der Waals surface area contributed by atoms with Crippen molar-refractivity contribution in [3.8, 4) is 5.75 Å². The molecule has 1 heterocycles. The number of hydrogen-bond acceptors (Lipinski definition) is 4. The van der Waals surface area contributed by atoms with Gasteiger partial charge in [0.2, 0.25) is 0 Å². The summed E-state index contributed by atoms with van der Waals surface area (Å²) in [6.07, 6.45) is 3.45. The molecular formula is C14H21N3O2. The Kier molecular flexibility index (Phi) is 4.14. The van der Waals surface area contributed by atoms with Crippen LogP contribution in [0, 0.1) is 0 Å². The van der Waals surface area contributed by atoms with E-state index in [1.54, 1.807) is 6.07 Å².